The van der Waals surface area contributed by atoms with Crippen LogP contribution in [0.4, 0.5) is 0 Å². The van der Waals surface area contributed by atoms with Gasteiger partial charge in [-0.25, -0.2) is 5.43 Å². The highest BCUT2D eigenvalue weighted by Crippen LogP contribution is 2.14. The highest BCUT2D eigenvalue weighted by atomic mass is 16.2. The average Bonchev–Trinajstić information content (AvgIpc) is 2.55. The maximum atomic E-state index is 11.1. The molecule has 1 aromatic carbocycles. The second kappa shape index (κ2) is 9.39. The van der Waals surface area contributed by atoms with Crippen LogP contribution >= 0.6 is 0 Å². The zero-order valence-electron chi connectivity index (χ0n) is 13.7. The molecule has 22 heavy (non-hydrogen) atoms. The van der Waals surface area contributed by atoms with Gasteiger partial charge in [0, 0.05) is 12.8 Å². The fraction of sp³-hybridized carbons (Fsp3) is 0.579. The van der Waals surface area contributed by atoms with Crippen molar-refractivity contribution in [2.75, 3.05) is 0 Å². The van der Waals surface area contributed by atoms with Gasteiger partial charge < -0.3 is 0 Å². The van der Waals surface area contributed by atoms with E-state index in [9.17, 15) is 4.79 Å². The fourth-order valence-electron chi connectivity index (χ4n) is 2.83. The number of hydrazone groups is 1. The summed E-state index contributed by atoms with van der Waals surface area (Å²) in [6, 6.07) is 8.66. The SMILES string of the molecule is CCCCCCCCCc1ccc(C2=NNC(=O)CC2)cc1. The van der Waals surface area contributed by atoms with Gasteiger partial charge >= 0.3 is 0 Å². The first-order chi connectivity index (χ1) is 10.8. The van der Waals surface area contributed by atoms with E-state index in [4.69, 9.17) is 0 Å². The highest BCUT2D eigenvalue weighted by molar-refractivity contribution is 6.04. The van der Waals surface area contributed by atoms with E-state index in [2.05, 4.69) is 41.7 Å². The summed E-state index contributed by atoms with van der Waals surface area (Å²) in [5, 5.41) is 4.14. The second-order valence-corrected chi connectivity index (χ2v) is 6.16. The lowest BCUT2D eigenvalue weighted by Gasteiger charge is -2.12. The Morgan fingerprint density at radius 1 is 0.955 bits per heavy atom. The minimum absolute atomic E-state index is 0.0132. The molecule has 0 atom stereocenters. The van der Waals surface area contributed by atoms with Crippen LogP contribution in [0.15, 0.2) is 29.4 Å². The highest BCUT2D eigenvalue weighted by Gasteiger charge is 2.12. The van der Waals surface area contributed by atoms with Crippen molar-refractivity contribution in [1.82, 2.24) is 5.43 Å². The molecule has 0 saturated carbocycles. The van der Waals surface area contributed by atoms with Crippen LogP contribution < -0.4 is 5.43 Å². The number of rotatable bonds is 9. The number of amides is 1. The number of benzene rings is 1. The van der Waals surface area contributed by atoms with E-state index in [-0.39, 0.29) is 5.91 Å². The van der Waals surface area contributed by atoms with Gasteiger partial charge in [0.05, 0.1) is 5.71 Å². The Morgan fingerprint density at radius 2 is 1.64 bits per heavy atom. The summed E-state index contributed by atoms with van der Waals surface area (Å²) in [4.78, 5) is 11.1. The molecule has 1 amide bonds. The number of nitrogens with one attached hydrogen (secondary N) is 1. The van der Waals surface area contributed by atoms with Gasteiger partial charge in [0.1, 0.15) is 0 Å². The molecular weight excluding hydrogens is 272 g/mol. The molecule has 1 aliphatic heterocycles. The van der Waals surface area contributed by atoms with Crippen LogP contribution in [0.3, 0.4) is 0 Å². The Hall–Kier alpha value is -1.64. The van der Waals surface area contributed by atoms with Gasteiger partial charge in [-0.05, 0) is 24.0 Å². The molecule has 1 aromatic rings. The smallest absolute Gasteiger partial charge is 0.240 e. The lowest BCUT2D eigenvalue weighted by Crippen LogP contribution is -2.25. The van der Waals surface area contributed by atoms with Gasteiger partial charge in [-0.15, -0.1) is 0 Å². The van der Waals surface area contributed by atoms with Gasteiger partial charge in [0.15, 0.2) is 0 Å². The molecule has 2 rings (SSSR count). The van der Waals surface area contributed by atoms with Crippen molar-refractivity contribution in [1.29, 1.82) is 0 Å². The first kappa shape index (κ1) is 16.7. The van der Waals surface area contributed by atoms with E-state index >= 15 is 0 Å². The van der Waals surface area contributed by atoms with Crippen LogP contribution in [0.25, 0.3) is 0 Å². The molecule has 1 aliphatic rings. The van der Waals surface area contributed by atoms with Crippen LogP contribution in [-0.2, 0) is 11.2 Å². The van der Waals surface area contributed by atoms with Gasteiger partial charge in [0.2, 0.25) is 5.91 Å². The van der Waals surface area contributed by atoms with Crippen molar-refractivity contribution in [3.63, 3.8) is 0 Å². The molecule has 3 nitrogen and oxygen atoms in total. The van der Waals surface area contributed by atoms with Crippen LogP contribution in [0.5, 0.6) is 0 Å². The Labute approximate surface area is 134 Å². The van der Waals surface area contributed by atoms with Gasteiger partial charge in [0.25, 0.3) is 0 Å². The third kappa shape index (κ3) is 5.63. The quantitative estimate of drug-likeness (QED) is 0.666. The van der Waals surface area contributed by atoms with Crippen LogP contribution in [0.1, 0.15) is 75.8 Å². The molecule has 0 spiro atoms. The molecule has 0 aliphatic carbocycles. The molecule has 120 valence electrons. The van der Waals surface area contributed by atoms with Crippen molar-refractivity contribution in [2.45, 2.75) is 71.1 Å². The monoisotopic (exact) mass is 300 g/mol. The number of carbonyl (C=O) groups is 1. The summed E-state index contributed by atoms with van der Waals surface area (Å²) in [7, 11) is 0. The molecular formula is C19H28N2O. The minimum atomic E-state index is 0.0132. The molecule has 1 heterocycles. The zero-order valence-corrected chi connectivity index (χ0v) is 13.7. The number of aryl methyl sites for hydroxylation is 1. The molecule has 1 N–H and O–H groups in total. The zero-order chi connectivity index (χ0) is 15.6. The Kier molecular flexibility index (Phi) is 7.14. The Bertz CT molecular complexity index is 491. The van der Waals surface area contributed by atoms with Crippen molar-refractivity contribution >= 4 is 11.6 Å². The van der Waals surface area contributed by atoms with Crippen molar-refractivity contribution in [2.24, 2.45) is 5.10 Å². The van der Waals surface area contributed by atoms with Crippen molar-refractivity contribution in [3.8, 4) is 0 Å². The first-order valence-electron chi connectivity index (χ1n) is 8.74. The Morgan fingerprint density at radius 3 is 2.27 bits per heavy atom. The first-order valence-corrected chi connectivity index (χ1v) is 8.74. The van der Waals surface area contributed by atoms with E-state index in [1.54, 1.807) is 0 Å². The topological polar surface area (TPSA) is 41.5 Å². The fourth-order valence-corrected chi connectivity index (χ4v) is 2.83. The summed E-state index contributed by atoms with van der Waals surface area (Å²) >= 11 is 0. The van der Waals surface area contributed by atoms with Gasteiger partial charge in [-0.3, -0.25) is 4.79 Å². The van der Waals surface area contributed by atoms with Crippen LogP contribution in [0.2, 0.25) is 0 Å². The summed E-state index contributed by atoms with van der Waals surface area (Å²) in [5.41, 5.74) is 6.07. The van der Waals surface area contributed by atoms with E-state index in [0.29, 0.717) is 6.42 Å². The van der Waals surface area contributed by atoms with Crippen LogP contribution in [0, 0.1) is 0 Å². The second-order valence-electron chi connectivity index (χ2n) is 6.16. The summed E-state index contributed by atoms with van der Waals surface area (Å²) in [6.07, 6.45) is 11.9. The average molecular weight is 300 g/mol. The normalized spacial score (nSPS) is 14.6. The lowest BCUT2D eigenvalue weighted by atomic mass is 10.00. The van der Waals surface area contributed by atoms with E-state index in [1.165, 1.54) is 50.5 Å². The van der Waals surface area contributed by atoms with E-state index in [0.717, 1.165) is 24.1 Å². The number of hydrogen-bond donors (Lipinski definition) is 1. The predicted octanol–water partition coefficient (Wildman–Crippen LogP) is 4.59. The number of carbonyl (C=O) groups excluding carboxylic acids is 1. The van der Waals surface area contributed by atoms with Gasteiger partial charge in [-0.2, -0.15) is 5.10 Å². The summed E-state index contributed by atoms with van der Waals surface area (Å²) < 4.78 is 0. The molecule has 0 unspecified atom stereocenters. The maximum absolute atomic E-state index is 11.1. The Balaban J connectivity index is 1.70. The van der Waals surface area contributed by atoms with Crippen molar-refractivity contribution in [3.05, 3.63) is 35.4 Å². The molecule has 0 fully saturated rings. The van der Waals surface area contributed by atoms with Crippen molar-refractivity contribution < 1.29 is 4.79 Å². The third-order valence-corrected chi connectivity index (χ3v) is 4.26. The standard InChI is InChI=1S/C19H28N2O/c1-2-3-4-5-6-7-8-9-16-10-12-17(13-11-16)18-14-15-19(22)21-20-18/h10-13H,2-9,14-15H2,1H3,(H,21,22). The molecule has 3 heteroatoms. The van der Waals surface area contributed by atoms with E-state index < -0.39 is 0 Å². The number of unbranched alkanes of at least 4 members (excludes halogenated alkanes) is 6. The lowest BCUT2D eigenvalue weighted by molar-refractivity contribution is -0.121. The maximum Gasteiger partial charge on any atom is 0.240 e. The largest absolute Gasteiger partial charge is 0.273 e. The number of hydrogen-bond acceptors (Lipinski definition) is 2. The number of nitrogens with zero attached hydrogens (tertiary/aromatic N) is 1. The third-order valence-electron chi connectivity index (χ3n) is 4.26. The molecule has 0 saturated heterocycles. The summed E-state index contributed by atoms with van der Waals surface area (Å²) in [6.45, 7) is 2.26. The molecule has 0 bridgehead atoms. The van der Waals surface area contributed by atoms with Gasteiger partial charge in [-0.1, -0.05) is 69.7 Å². The summed E-state index contributed by atoms with van der Waals surface area (Å²) in [5.74, 6) is 0.0132. The van der Waals surface area contributed by atoms with E-state index in [1.807, 2.05) is 0 Å². The molecule has 0 radical (unpaired) electrons. The predicted molar refractivity (Wildman–Crippen MR) is 92.1 cm³/mol. The molecule has 0 aromatic heterocycles. The minimum Gasteiger partial charge on any atom is -0.273 e. The van der Waals surface area contributed by atoms with Crippen LogP contribution in [-0.4, -0.2) is 11.6 Å².